The lowest BCUT2D eigenvalue weighted by Gasteiger charge is -2.38. The summed E-state index contributed by atoms with van der Waals surface area (Å²) in [5, 5.41) is 11.3. The number of nitrogens with one attached hydrogen (secondary N) is 1. The number of carboxylic acid groups (broad SMARTS) is 1. The minimum atomic E-state index is -0.869. The Labute approximate surface area is 114 Å². The second kappa shape index (κ2) is 5.44. The highest BCUT2D eigenvalue weighted by molar-refractivity contribution is 6.33. The molecule has 0 spiro atoms. The van der Waals surface area contributed by atoms with E-state index in [2.05, 4.69) is 5.32 Å². The number of hydrogen-bond donors (Lipinski definition) is 2. The molecule has 2 amide bonds. The van der Waals surface area contributed by atoms with E-state index in [0.29, 0.717) is 18.8 Å². The van der Waals surface area contributed by atoms with Gasteiger partial charge in [-0.05, 0) is 18.2 Å². The fourth-order valence-electron chi connectivity index (χ4n) is 1.90. The molecule has 1 aromatic carbocycles. The Morgan fingerprint density at radius 1 is 1.47 bits per heavy atom. The molecule has 0 aliphatic carbocycles. The number of urea groups is 1. The minimum absolute atomic E-state index is 0.00746. The molecule has 0 radical (unpaired) electrons. The van der Waals surface area contributed by atoms with E-state index in [1.54, 1.807) is 0 Å². The number of carboxylic acids is 1. The highest BCUT2D eigenvalue weighted by atomic mass is 35.5. The van der Waals surface area contributed by atoms with Crippen LogP contribution in [-0.2, 0) is 4.79 Å². The summed E-state index contributed by atoms with van der Waals surface area (Å²) in [7, 11) is 0. The summed E-state index contributed by atoms with van der Waals surface area (Å²) in [5.41, 5.74) is 0.328. The first-order valence-corrected chi connectivity index (χ1v) is 6.06. The molecule has 0 atom stereocenters. The summed E-state index contributed by atoms with van der Waals surface area (Å²) in [6.45, 7) is 0.799. The molecule has 1 saturated heterocycles. The van der Waals surface area contributed by atoms with Crippen molar-refractivity contribution in [3.63, 3.8) is 0 Å². The lowest BCUT2D eigenvalue weighted by Crippen LogP contribution is -2.52. The third-order valence-corrected chi connectivity index (χ3v) is 3.19. The Kier molecular flexibility index (Phi) is 3.90. The molecule has 0 unspecified atom stereocenters. The number of rotatable bonds is 3. The molecule has 19 heavy (non-hydrogen) atoms. The predicted molar refractivity (Wildman–Crippen MR) is 67.7 cm³/mol. The number of hydrogen-bond acceptors (Lipinski definition) is 2. The Hall–Kier alpha value is -1.82. The zero-order valence-corrected chi connectivity index (χ0v) is 10.7. The fourth-order valence-corrected chi connectivity index (χ4v) is 2.11. The predicted octanol–water partition coefficient (Wildman–Crippen LogP) is 2.42. The van der Waals surface area contributed by atoms with E-state index in [1.807, 2.05) is 0 Å². The van der Waals surface area contributed by atoms with Gasteiger partial charge in [0, 0.05) is 19.0 Å². The second-order valence-electron chi connectivity index (χ2n) is 4.42. The lowest BCUT2D eigenvalue weighted by atomic mass is 9.97. The van der Waals surface area contributed by atoms with E-state index in [4.69, 9.17) is 16.7 Å². The van der Waals surface area contributed by atoms with Gasteiger partial charge in [0.05, 0.1) is 17.1 Å². The van der Waals surface area contributed by atoms with Gasteiger partial charge in [-0.25, -0.2) is 9.18 Å². The van der Waals surface area contributed by atoms with Crippen molar-refractivity contribution in [3.8, 4) is 0 Å². The number of nitrogens with zero attached hydrogens (tertiary/aromatic N) is 1. The van der Waals surface area contributed by atoms with E-state index >= 15 is 0 Å². The molecule has 7 heteroatoms. The largest absolute Gasteiger partial charge is 0.481 e. The first-order chi connectivity index (χ1) is 8.95. The zero-order valence-electron chi connectivity index (χ0n) is 9.90. The molecule has 2 N–H and O–H groups in total. The zero-order chi connectivity index (χ0) is 14.0. The van der Waals surface area contributed by atoms with Gasteiger partial charge in [0.2, 0.25) is 0 Å². The maximum atomic E-state index is 12.8. The van der Waals surface area contributed by atoms with Crippen LogP contribution in [0.3, 0.4) is 0 Å². The van der Waals surface area contributed by atoms with E-state index in [-0.39, 0.29) is 23.4 Å². The van der Waals surface area contributed by atoms with Crippen molar-refractivity contribution in [3.05, 3.63) is 29.0 Å². The molecule has 0 aromatic heterocycles. The van der Waals surface area contributed by atoms with Crippen LogP contribution in [0.1, 0.15) is 6.42 Å². The minimum Gasteiger partial charge on any atom is -0.481 e. The first-order valence-electron chi connectivity index (χ1n) is 5.68. The number of benzene rings is 1. The summed E-state index contributed by atoms with van der Waals surface area (Å²) in [4.78, 5) is 23.7. The topological polar surface area (TPSA) is 69.6 Å². The molecule has 1 heterocycles. The van der Waals surface area contributed by atoms with Gasteiger partial charge in [0.25, 0.3) is 0 Å². The van der Waals surface area contributed by atoms with Gasteiger partial charge in [-0.2, -0.15) is 0 Å². The average molecular weight is 287 g/mol. The smallest absolute Gasteiger partial charge is 0.321 e. The van der Waals surface area contributed by atoms with Crippen molar-refractivity contribution in [2.45, 2.75) is 6.42 Å². The van der Waals surface area contributed by atoms with Crippen LogP contribution in [0, 0.1) is 11.7 Å². The number of amides is 2. The quantitative estimate of drug-likeness (QED) is 0.896. The third kappa shape index (κ3) is 3.35. The van der Waals surface area contributed by atoms with Crippen LogP contribution >= 0.6 is 11.6 Å². The number of halogens is 2. The second-order valence-corrected chi connectivity index (χ2v) is 4.83. The highest BCUT2D eigenvalue weighted by Crippen LogP contribution is 2.25. The van der Waals surface area contributed by atoms with Crippen LogP contribution in [0.2, 0.25) is 5.02 Å². The van der Waals surface area contributed by atoms with Crippen LogP contribution in [0.25, 0.3) is 0 Å². The molecule has 2 rings (SSSR count). The maximum absolute atomic E-state index is 12.8. The van der Waals surface area contributed by atoms with Gasteiger partial charge >= 0.3 is 12.0 Å². The molecule has 102 valence electrons. The highest BCUT2D eigenvalue weighted by Gasteiger charge is 2.32. The lowest BCUT2D eigenvalue weighted by molar-refractivity contribution is -0.139. The van der Waals surface area contributed by atoms with Crippen molar-refractivity contribution >= 4 is 29.3 Å². The van der Waals surface area contributed by atoms with E-state index in [1.165, 1.54) is 17.0 Å². The number of anilines is 1. The van der Waals surface area contributed by atoms with Gasteiger partial charge in [-0.15, -0.1) is 0 Å². The van der Waals surface area contributed by atoms with E-state index in [9.17, 15) is 14.0 Å². The standard InChI is InChI=1S/C12H12ClFN2O3/c13-9-4-8(14)1-2-10(9)15-12(19)16-5-7(6-16)3-11(17)18/h1-2,4,7H,3,5-6H2,(H,15,19)(H,17,18). The maximum Gasteiger partial charge on any atom is 0.321 e. The number of carbonyl (C=O) groups excluding carboxylic acids is 1. The van der Waals surface area contributed by atoms with E-state index in [0.717, 1.165) is 6.07 Å². The third-order valence-electron chi connectivity index (χ3n) is 2.88. The van der Waals surface area contributed by atoms with Gasteiger partial charge in [-0.1, -0.05) is 11.6 Å². The SMILES string of the molecule is O=C(O)CC1CN(C(=O)Nc2ccc(F)cc2Cl)C1. The molecule has 1 aliphatic heterocycles. The molecule has 1 aliphatic rings. The first kappa shape index (κ1) is 13.6. The Bertz CT molecular complexity index is 518. The molecule has 1 fully saturated rings. The van der Waals surface area contributed by atoms with Crippen molar-refractivity contribution in [2.24, 2.45) is 5.92 Å². The molecule has 1 aromatic rings. The normalized spacial score (nSPS) is 14.9. The molecule has 5 nitrogen and oxygen atoms in total. The number of carbonyl (C=O) groups is 2. The van der Waals surface area contributed by atoms with Crippen LogP contribution in [0.4, 0.5) is 14.9 Å². The Morgan fingerprint density at radius 2 is 2.16 bits per heavy atom. The fraction of sp³-hybridized carbons (Fsp3) is 0.333. The summed E-state index contributed by atoms with van der Waals surface area (Å²) in [6, 6.07) is 3.32. The molecular formula is C12H12ClFN2O3. The molecular weight excluding hydrogens is 275 g/mol. The van der Waals surface area contributed by atoms with Crippen LogP contribution in [0.5, 0.6) is 0 Å². The van der Waals surface area contributed by atoms with Crippen molar-refractivity contribution in [1.82, 2.24) is 4.90 Å². The van der Waals surface area contributed by atoms with Gasteiger partial charge in [-0.3, -0.25) is 4.79 Å². The van der Waals surface area contributed by atoms with E-state index < -0.39 is 11.8 Å². The number of likely N-dealkylation sites (tertiary alicyclic amines) is 1. The summed E-state index contributed by atoms with van der Waals surface area (Å²) in [6.07, 6.45) is 0.0566. The molecule has 0 bridgehead atoms. The summed E-state index contributed by atoms with van der Waals surface area (Å²) in [5.74, 6) is -1.35. The van der Waals surface area contributed by atoms with Crippen molar-refractivity contribution in [1.29, 1.82) is 0 Å². The summed E-state index contributed by atoms with van der Waals surface area (Å²) < 4.78 is 12.8. The van der Waals surface area contributed by atoms with Crippen LogP contribution in [-0.4, -0.2) is 35.1 Å². The average Bonchev–Trinajstić information content (AvgIpc) is 2.26. The van der Waals surface area contributed by atoms with Crippen LogP contribution < -0.4 is 5.32 Å². The number of aliphatic carboxylic acids is 1. The van der Waals surface area contributed by atoms with Gasteiger partial charge < -0.3 is 15.3 Å². The molecule has 0 saturated carbocycles. The monoisotopic (exact) mass is 286 g/mol. The van der Waals surface area contributed by atoms with Crippen molar-refractivity contribution in [2.75, 3.05) is 18.4 Å². The van der Waals surface area contributed by atoms with Crippen molar-refractivity contribution < 1.29 is 19.1 Å². The van der Waals surface area contributed by atoms with Crippen LogP contribution in [0.15, 0.2) is 18.2 Å². The summed E-state index contributed by atoms with van der Waals surface area (Å²) >= 11 is 5.79. The van der Waals surface area contributed by atoms with Gasteiger partial charge in [0.1, 0.15) is 5.82 Å². The Morgan fingerprint density at radius 3 is 2.74 bits per heavy atom. The Balaban J connectivity index is 1.87. The van der Waals surface area contributed by atoms with Gasteiger partial charge in [0.15, 0.2) is 0 Å².